The summed E-state index contributed by atoms with van der Waals surface area (Å²) in [7, 11) is -17.7. The molecular formula is C34H27N6NaO16S4. The second-order valence-electron chi connectivity index (χ2n) is 12.5. The Labute approximate surface area is 368 Å². The Hall–Kier alpha value is -5.52. The van der Waals surface area contributed by atoms with Gasteiger partial charge in [0.15, 0.2) is 11.4 Å². The van der Waals surface area contributed by atoms with Crippen LogP contribution in [0.1, 0.15) is 31.8 Å². The van der Waals surface area contributed by atoms with Crippen molar-refractivity contribution >= 4 is 98.4 Å². The number of hydrazone groups is 2. The number of nitrogens with two attached hydrogens (primary N) is 2. The fourth-order valence-electron chi connectivity index (χ4n) is 6.01. The Balaban J connectivity index is 0.00000704. The van der Waals surface area contributed by atoms with E-state index >= 15 is 0 Å². The number of anilines is 4. The predicted octanol–water partition coefficient (Wildman–Crippen LogP) is -0.524. The third kappa shape index (κ3) is 9.38. The minimum Gasteiger partial charge on any atom is -0.744 e. The van der Waals surface area contributed by atoms with Crippen LogP contribution >= 0.6 is 0 Å². The van der Waals surface area contributed by atoms with E-state index in [9.17, 15) is 61.5 Å². The molecule has 0 radical (unpaired) electrons. The third-order valence-electron chi connectivity index (χ3n) is 8.73. The molecule has 0 aromatic heterocycles. The van der Waals surface area contributed by atoms with Gasteiger partial charge in [0.05, 0.1) is 46.5 Å². The van der Waals surface area contributed by atoms with E-state index in [1.54, 1.807) is 0 Å². The summed E-state index contributed by atoms with van der Waals surface area (Å²) in [6.07, 6.45) is 1.48. The van der Waals surface area contributed by atoms with Gasteiger partial charge in [-0.3, -0.25) is 34.1 Å². The Kier molecular flexibility index (Phi) is 12.8. The first kappa shape index (κ1) is 46.5. The molecule has 0 amide bonds. The molecular weight excluding hydrogens is 900 g/mol. The topological polar surface area (TPSA) is 374 Å². The van der Waals surface area contributed by atoms with Crippen molar-refractivity contribution in [3.05, 3.63) is 92.7 Å². The van der Waals surface area contributed by atoms with Crippen molar-refractivity contribution in [1.29, 1.82) is 0 Å². The molecule has 0 saturated heterocycles. The fourth-order valence-corrected chi connectivity index (χ4v) is 8.42. The van der Waals surface area contributed by atoms with Crippen molar-refractivity contribution in [1.82, 2.24) is 0 Å². The third-order valence-corrected chi connectivity index (χ3v) is 12.1. The van der Waals surface area contributed by atoms with E-state index in [1.165, 1.54) is 50.6 Å². The number of methoxy groups -OCH3 is 2. The Bertz CT molecular complexity index is 2970. The average Bonchev–Trinajstić information content (AvgIpc) is 3.14. The van der Waals surface area contributed by atoms with Gasteiger partial charge in [-0.15, -0.1) is 0 Å². The molecule has 0 heterocycles. The molecule has 2 aliphatic carbocycles. The maximum atomic E-state index is 13.4. The number of ketones is 2. The molecule has 4 aromatic carbocycles. The summed E-state index contributed by atoms with van der Waals surface area (Å²) in [6, 6.07) is 11.9. The monoisotopic (exact) mass is 926 g/mol. The van der Waals surface area contributed by atoms with Gasteiger partial charge >= 0.3 is 29.6 Å². The maximum absolute atomic E-state index is 13.4. The van der Waals surface area contributed by atoms with Crippen LogP contribution in [0.3, 0.4) is 0 Å². The summed E-state index contributed by atoms with van der Waals surface area (Å²) in [5.74, 6) is -2.09. The zero-order valence-electron chi connectivity index (χ0n) is 31.3. The molecule has 2 aliphatic rings. The molecule has 314 valence electrons. The number of benzene rings is 4. The van der Waals surface area contributed by atoms with E-state index in [2.05, 4.69) is 21.1 Å². The van der Waals surface area contributed by atoms with E-state index in [1.807, 2.05) is 0 Å². The number of nitrogens with zero attached hydrogens (tertiary/aromatic N) is 2. The summed E-state index contributed by atoms with van der Waals surface area (Å²) in [4.78, 5) is 23.3. The molecule has 6 rings (SSSR count). The van der Waals surface area contributed by atoms with Crippen LogP contribution in [0.25, 0.3) is 23.3 Å². The molecule has 9 N–H and O–H groups in total. The first-order valence-electron chi connectivity index (χ1n) is 16.2. The van der Waals surface area contributed by atoms with E-state index in [4.69, 9.17) is 20.9 Å². The Morgan fingerprint density at radius 1 is 0.590 bits per heavy atom. The molecule has 0 fully saturated rings. The minimum atomic E-state index is -5.17. The number of carbonyl (C=O) groups is 2. The van der Waals surface area contributed by atoms with Gasteiger partial charge in [-0.25, -0.2) is 8.42 Å². The molecule has 61 heavy (non-hydrogen) atoms. The summed E-state index contributed by atoms with van der Waals surface area (Å²) in [5.41, 5.74) is 13.8. The quantitative estimate of drug-likeness (QED) is 0.0430. The maximum Gasteiger partial charge on any atom is 1.00 e. The van der Waals surface area contributed by atoms with Gasteiger partial charge in [-0.2, -0.15) is 35.5 Å². The van der Waals surface area contributed by atoms with Gasteiger partial charge in [-0.1, -0.05) is 12.1 Å². The molecule has 0 saturated carbocycles. The van der Waals surface area contributed by atoms with E-state index in [-0.39, 0.29) is 74.7 Å². The first-order valence-corrected chi connectivity index (χ1v) is 21.9. The van der Waals surface area contributed by atoms with Gasteiger partial charge in [0.1, 0.15) is 31.4 Å². The largest absolute Gasteiger partial charge is 1.00 e. The summed E-state index contributed by atoms with van der Waals surface area (Å²) in [6.45, 7) is 0. The van der Waals surface area contributed by atoms with E-state index in [0.717, 1.165) is 36.4 Å². The number of nitrogens with one attached hydrogen (secondary N) is 2. The Morgan fingerprint density at radius 2 is 0.967 bits per heavy atom. The Morgan fingerprint density at radius 3 is 1.31 bits per heavy atom. The molecule has 0 atom stereocenters. The molecule has 0 bridgehead atoms. The van der Waals surface area contributed by atoms with Crippen molar-refractivity contribution in [2.45, 2.75) is 9.79 Å². The standard InChI is InChI=1S/C34H28N6O16S4.Na/c1-55-25-9-15(3-5-23(25)37-39-31-27(59(49,50)51)11-17-7-19(57(43,44)45)13-21(35)29(17)33(31)41)16-4-6-24(26(10-16)56-2)38-40-32-28(60(52,53)54)12-18-8-20(58(46,47)48)14-22(36)30(18)34(32)42;/h3-14,37-38H,35-36H2,1-2H3,(H,43,44,45)(H,46,47,48)(H,49,50,51)(H,52,53,54);/q;+1/p-1/b39-31+,40-32+;. The van der Waals surface area contributed by atoms with Gasteiger partial charge in [0, 0.05) is 11.4 Å². The SMILES string of the molecule is COc1cc(-c2ccc(N/N=C3/C(=O)c4c(N)cc(S(=O)(=O)O)cc4C=C3S(=O)(=O)O)c(OC)c2)ccc1N/N=C1/C(=O)c2c(N)cc(S(=O)(=O)[O-])cc2C=C1S(=O)(=O)O.[Na+]. The molecule has 27 heteroatoms. The number of Topliss-reactive ketones (excluding diaryl/α,β-unsaturated/α-hetero) is 2. The number of fused-ring (bicyclic) bond motifs is 2. The van der Waals surface area contributed by atoms with Crippen LogP contribution in [0.4, 0.5) is 22.7 Å². The average molecular weight is 927 g/mol. The zero-order chi connectivity index (χ0) is 44.3. The van der Waals surface area contributed by atoms with Gasteiger partial charge in [0.25, 0.3) is 30.4 Å². The van der Waals surface area contributed by atoms with Crippen molar-refractivity contribution in [2.75, 3.05) is 36.5 Å². The van der Waals surface area contributed by atoms with Gasteiger partial charge in [0.2, 0.25) is 11.6 Å². The van der Waals surface area contributed by atoms with E-state index < -0.39 is 94.4 Å². The molecule has 0 spiro atoms. The van der Waals surface area contributed by atoms with Crippen LogP contribution in [0.15, 0.2) is 90.5 Å². The smallest absolute Gasteiger partial charge is 0.744 e. The number of hydrogen-bond acceptors (Lipinski definition) is 19. The fraction of sp³-hybridized carbons (Fsp3) is 0.0588. The number of nitrogen functional groups attached to an aromatic ring is 2. The number of ether oxygens (including phenoxy) is 2. The van der Waals surface area contributed by atoms with Crippen molar-refractivity contribution < 1.29 is 101 Å². The normalized spacial score (nSPS) is 15.6. The minimum absolute atomic E-state index is 0. The van der Waals surface area contributed by atoms with Crippen LogP contribution in [0.2, 0.25) is 0 Å². The van der Waals surface area contributed by atoms with Gasteiger partial charge in [-0.05, 0) is 82.9 Å². The van der Waals surface area contributed by atoms with E-state index in [0.29, 0.717) is 11.1 Å². The first-order chi connectivity index (χ1) is 27.8. The summed E-state index contributed by atoms with van der Waals surface area (Å²) in [5, 5.41) is 7.79. The number of rotatable bonds is 11. The zero-order valence-corrected chi connectivity index (χ0v) is 36.5. The van der Waals surface area contributed by atoms with Crippen LogP contribution < -0.4 is 61.3 Å². The molecule has 22 nitrogen and oxygen atoms in total. The van der Waals surface area contributed by atoms with Crippen molar-refractivity contribution in [2.24, 2.45) is 10.2 Å². The van der Waals surface area contributed by atoms with Crippen molar-refractivity contribution in [3.63, 3.8) is 0 Å². The second-order valence-corrected chi connectivity index (χ2v) is 18.1. The van der Waals surface area contributed by atoms with Crippen LogP contribution in [0, 0.1) is 0 Å². The molecule has 0 aliphatic heterocycles. The second kappa shape index (κ2) is 16.7. The number of hydrogen-bond donors (Lipinski definition) is 7. The van der Waals surface area contributed by atoms with Crippen LogP contribution in [0.5, 0.6) is 11.5 Å². The van der Waals surface area contributed by atoms with Crippen LogP contribution in [-0.4, -0.2) is 89.1 Å². The number of carbonyl (C=O) groups excluding carboxylic acids is 2. The van der Waals surface area contributed by atoms with Crippen LogP contribution in [-0.2, 0) is 40.5 Å². The van der Waals surface area contributed by atoms with Crippen molar-refractivity contribution in [3.8, 4) is 22.6 Å². The summed E-state index contributed by atoms with van der Waals surface area (Å²) >= 11 is 0. The molecule has 0 unspecified atom stereocenters. The predicted molar refractivity (Wildman–Crippen MR) is 214 cm³/mol. The molecule has 4 aromatic rings. The van der Waals surface area contributed by atoms with Gasteiger partial charge < -0.3 is 25.5 Å². The summed E-state index contributed by atoms with van der Waals surface area (Å²) < 4.78 is 148. The number of allylic oxidation sites excluding steroid dienone is 2.